The third-order valence-electron chi connectivity index (χ3n) is 11.1. The van der Waals surface area contributed by atoms with Gasteiger partial charge in [0.25, 0.3) is 11.8 Å². The van der Waals surface area contributed by atoms with Gasteiger partial charge in [-0.1, -0.05) is 90.5 Å². The molecule has 2 aromatic heterocycles. The van der Waals surface area contributed by atoms with Gasteiger partial charge in [0.2, 0.25) is 0 Å². The number of para-hydroxylation sites is 1. The number of benzene rings is 5. The zero-order chi connectivity index (χ0) is 40.6. The van der Waals surface area contributed by atoms with Gasteiger partial charge in [-0.25, -0.2) is 9.97 Å². The number of fused-ring (bicyclic) bond motifs is 2. The quantitative estimate of drug-likeness (QED) is 0.158. The smallest absolute Gasteiger partial charge is 0.253 e. The van der Waals surface area contributed by atoms with Crippen molar-refractivity contribution in [2.75, 3.05) is 36.0 Å². The number of pyridine rings is 2. The average molecular weight is 803 g/mol. The topological polar surface area (TPSA) is 99.7 Å². The second kappa shape index (κ2) is 18.4. The van der Waals surface area contributed by atoms with Crippen molar-refractivity contribution in [2.45, 2.75) is 44.7 Å². The third kappa shape index (κ3) is 9.48. The largest absolute Gasteiger partial charge is 0.457 e. The molecule has 9 nitrogen and oxygen atoms in total. The molecule has 2 aliphatic rings. The lowest BCUT2D eigenvalue weighted by Crippen LogP contribution is -2.45. The lowest BCUT2D eigenvalue weighted by molar-refractivity contribution is 0.0922. The number of carbonyl (C=O) groups excluding carboxylic acids is 2. The van der Waals surface area contributed by atoms with E-state index in [9.17, 15) is 9.59 Å². The van der Waals surface area contributed by atoms with E-state index in [1.807, 2.05) is 116 Å². The molecule has 0 unspecified atom stereocenters. The fourth-order valence-electron chi connectivity index (χ4n) is 7.84. The summed E-state index contributed by atoms with van der Waals surface area (Å²) < 4.78 is 5.80. The number of amides is 2. The Labute approximate surface area is 350 Å². The van der Waals surface area contributed by atoms with Crippen LogP contribution in [-0.2, 0) is 0 Å². The van der Waals surface area contributed by atoms with Crippen molar-refractivity contribution in [3.8, 4) is 11.5 Å². The summed E-state index contributed by atoms with van der Waals surface area (Å²) in [5, 5.41) is 11.6. The van der Waals surface area contributed by atoms with Crippen LogP contribution < -0.4 is 25.2 Å². The zero-order valence-electron chi connectivity index (χ0n) is 33.1. The Morgan fingerprint density at radius 1 is 0.576 bits per heavy atom. The van der Waals surface area contributed by atoms with E-state index >= 15 is 0 Å². The Balaban J connectivity index is 0.000000167. The molecule has 298 valence electrons. The molecule has 0 aliphatic carbocycles. The second-order valence-electron chi connectivity index (χ2n) is 15.1. The van der Waals surface area contributed by atoms with Gasteiger partial charge in [-0.3, -0.25) is 9.59 Å². The number of ether oxygens (including phenoxy) is 1. The Bertz CT molecular complexity index is 2520. The van der Waals surface area contributed by atoms with E-state index in [1.54, 1.807) is 6.07 Å². The molecule has 10 heteroatoms. The number of aryl methyl sites for hydroxylation is 1. The lowest BCUT2D eigenvalue weighted by atomic mass is 10.0. The number of anilines is 2. The molecule has 2 aliphatic heterocycles. The minimum Gasteiger partial charge on any atom is -0.457 e. The van der Waals surface area contributed by atoms with Crippen molar-refractivity contribution < 1.29 is 14.3 Å². The van der Waals surface area contributed by atoms with E-state index in [0.29, 0.717) is 21.9 Å². The molecule has 0 radical (unpaired) electrons. The first kappa shape index (κ1) is 39.4. The summed E-state index contributed by atoms with van der Waals surface area (Å²) in [5.41, 5.74) is 2.11. The molecule has 9 rings (SSSR count). The Morgan fingerprint density at radius 3 is 1.63 bits per heavy atom. The number of piperidine rings is 2. The predicted octanol–water partition coefficient (Wildman–Crippen LogP) is 10.0. The van der Waals surface area contributed by atoms with Gasteiger partial charge in [-0.15, -0.1) is 0 Å². The highest BCUT2D eigenvalue weighted by Gasteiger charge is 2.25. The third-order valence-corrected chi connectivity index (χ3v) is 11.6. The minimum atomic E-state index is -0.0922. The summed E-state index contributed by atoms with van der Waals surface area (Å²) >= 11 is 6.29. The number of halogens is 1. The van der Waals surface area contributed by atoms with Gasteiger partial charge in [-0.2, -0.15) is 0 Å². The fraction of sp³-hybridized carbons (Fsp3) is 0.224. The molecule has 4 heterocycles. The number of hydrogen-bond donors (Lipinski definition) is 2. The minimum absolute atomic E-state index is 0.0435. The molecule has 2 saturated heterocycles. The average Bonchev–Trinajstić information content (AvgIpc) is 3.28. The van der Waals surface area contributed by atoms with E-state index in [1.165, 1.54) is 21.5 Å². The Kier molecular flexibility index (Phi) is 12.3. The van der Waals surface area contributed by atoms with Crippen LogP contribution >= 0.6 is 11.6 Å². The molecule has 7 aromatic rings. The van der Waals surface area contributed by atoms with Crippen LogP contribution in [0.15, 0.2) is 146 Å². The summed E-state index contributed by atoms with van der Waals surface area (Å²) in [7, 11) is 0. The van der Waals surface area contributed by atoms with Crippen LogP contribution in [0.1, 0.15) is 52.0 Å². The van der Waals surface area contributed by atoms with Crippen LogP contribution in [-0.4, -0.2) is 60.0 Å². The van der Waals surface area contributed by atoms with Gasteiger partial charge in [0.05, 0.1) is 10.6 Å². The molecule has 0 bridgehead atoms. The highest BCUT2D eigenvalue weighted by molar-refractivity contribution is 6.34. The summed E-state index contributed by atoms with van der Waals surface area (Å²) in [5.74, 6) is 3.41. The van der Waals surface area contributed by atoms with Crippen molar-refractivity contribution in [3.63, 3.8) is 0 Å². The molecule has 0 saturated carbocycles. The van der Waals surface area contributed by atoms with Crippen molar-refractivity contribution in [2.24, 2.45) is 0 Å². The number of nitrogens with zero attached hydrogens (tertiary/aromatic N) is 4. The fourth-order valence-corrected chi connectivity index (χ4v) is 8.05. The molecular formula is C49H47ClN6O3. The summed E-state index contributed by atoms with van der Waals surface area (Å²) in [6.07, 6.45) is 7.31. The van der Waals surface area contributed by atoms with Crippen molar-refractivity contribution in [1.29, 1.82) is 0 Å². The van der Waals surface area contributed by atoms with E-state index in [-0.39, 0.29) is 23.9 Å². The maximum atomic E-state index is 12.7. The summed E-state index contributed by atoms with van der Waals surface area (Å²) in [4.78, 5) is 39.2. The van der Waals surface area contributed by atoms with E-state index in [2.05, 4.69) is 60.7 Å². The first-order chi connectivity index (χ1) is 28.9. The van der Waals surface area contributed by atoms with Crippen LogP contribution in [0.4, 0.5) is 11.6 Å². The predicted molar refractivity (Wildman–Crippen MR) is 238 cm³/mol. The normalized spacial score (nSPS) is 14.7. The molecular weight excluding hydrogens is 756 g/mol. The van der Waals surface area contributed by atoms with Gasteiger partial charge in [0, 0.05) is 67.0 Å². The summed E-state index contributed by atoms with van der Waals surface area (Å²) in [6, 6.07) is 43.5. The van der Waals surface area contributed by atoms with Gasteiger partial charge in [-0.05, 0) is 104 Å². The molecule has 0 atom stereocenters. The number of rotatable bonds is 8. The van der Waals surface area contributed by atoms with E-state index in [4.69, 9.17) is 16.3 Å². The van der Waals surface area contributed by atoms with E-state index < -0.39 is 0 Å². The molecule has 5 aromatic carbocycles. The van der Waals surface area contributed by atoms with E-state index in [0.717, 1.165) is 74.8 Å². The van der Waals surface area contributed by atoms with Crippen LogP contribution in [0.2, 0.25) is 5.02 Å². The SMILES string of the molecule is Cc1cccc(C(=O)NC2CCN(c3nccc4ccccc34)CC2)c1Cl.O=C(NC1CCN(c2nccc3ccccc23)CC1)c1ccc(Oc2ccccc2)cc1. The standard InChI is InChI=1S/C27H25N3O2.C22H22ClN3O/c31-27(21-10-12-24(13-11-21)32-23-7-2-1-3-8-23)29-22-15-18-30(19-16-22)26-25-9-5-4-6-20(25)14-17-28-26;1-15-5-4-8-19(20(15)23)22(27)25-17-10-13-26(14-11-17)21-18-7-3-2-6-16(18)9-12-24-21/h1-14,17,22H,15-16,18-19H2,(H,29,31);2-9,12,17H,10-11,13-14H2,1H3,(H,25,27). The molecule has 2 N–H and O–H groups in total. The van der Waals surface area contributed by atoms with Gasteiger partial charge in [0.1, 0.15) is 23.1 Å². The number of hydrogen-bond acceptors (Lipinski definition) is 7. The first-order valence-corrected chi connectivity index (χ1v) is 20.6. The molecule has 2 amide bonds. The summed E-state index contributed by atoms with van der Waals surface area (Å²) in [6.45, 7) is 5.39. The monoisotopic (exact) mass is 802 g/mol. The maximum absolute atomic E-state index is 12.7. The number of carbonyl (C=O) groups is 2. The number of nitrogens with one attached hydrogen (secondary N) is 2. The highest BCUT2D eigenvalue weighted by Crippen LogP contribution is 2.29. The lowest BCUT2D eigenvalue weighted by Gasteiger charge is -2.33. The number of aromatic nitrogens is 2. The Hall–Kier alpha value is -6.45. The molecule has 0 spiro atoms. The van der Waals surface area contributed by atoms with Crippen molar-refractivity contribution in [3.05, 3.63) is 168 Å². The molecule has 59 heavy (non-hydrogen) atoms. The van der Waals surface area contributed by atoms with Crippen LogP contribution in [0.5, 0.6) is 11.5 Å². The zero-order valence-corrected chi connectivity index (χ0v) is 33.8. The Morgan fingerprint density at radius 2 is 1.07 bits per heavy atom. The molecule has 2 fully saturated rings. The van der Waals surface area contributed by atoms with Gasteiger partial charge < -0.3 is 25.2 Å². The maximum Gasteiger partial charge on any atom is 0.253 e. The van der Waals surface area contributed by atoms with Gasteiger partial charge >= 0.3 is 0 Å². The highest BCUT2D eigenvalue weighted by atomic mass is 35.5. The first-order valence-electron chi connectivity index (χ1n) is 20.3. The van der Waals surface area contributed by atoms with Crippen molar-refractivity contribution >= 4 is 56.6 Å². The van der Waals surface area contributed by atoms with Crippen LogP contribution in [0.25, 0.3) is 21.5 Å². The van der Waals surface area contributed by atoms with Crippen LogP contribution in [0, 0.1) is 6.92 Å². The van der Waals surface area contributed by atoms with Gasteiger partial charge in [0.15, 0.2) is 0 Å². The van der Waals surface area contributed by atoms with Crippen molar-refractivity contribution in [1.82, 2.24) is 20.6 Å². The second-order valence-corrected chi connectivity index (χ2v) is 15.4. The van der Waals surface area contributed by atoms with Crippen LogP contribution in [0.3, 0.4) is 0 Å².